The van der Waals surface area contributed by atoms with Crippen LogP contribution in [0, 0.1) is 5.92 Å². The second-order valence-corrected chi connectivity index (χ2v) is 8.17. The lowest BCUT2D eigenvalue weighted by atomic mass is 9.94. The molecule has 1 saturated heterocycles. The van der Waals surface area contributed by atoms with Gasteiger partial charge in [0.2, 0.25) is 17.4 Å². The molecule has 2 aliphatic carbocycles. The Balaban J connectivity index is 1.80. The molecular formula is C18H32O6. The first kappa shape index (κ1) is 18.5. The van der Waals surface area contributed by atoms with Gasteiger partial charge >= 0.3 is 0 Å². The summed E-state index contributed by atoms with van der Waals surface area (Å²) in [6, 6.07) is 0. The number of hydrogen-bond acceptors (Lipinski definition) is 6. The van der Waals surface area contributed by atoms with Crippen LogP contribution in [-0.2, 0) is 29.3 Å². The van der Waals surface area contributed by atoms with Gasteiger partial charge in [-0.15, -0.1) is 0 Å². The first-order chi connectivity index (χ1) is 11.5. The Morgan fingerprint density at radius 1 is 0.625 bits per heavy atom. The van der Waals surface area contributed by atoms with Crippen LogP contribution in [0.1, 0.15) is 91.4 Å². The molecule has 1 heterocycles. The summed E-state index contributed by atoms with van der Waals surface area (Å²) in [6.07, 6.45) is 10.1. The summed E-state index contributed by atoms with van der Waals surface area (Å²) in [5, 5.41) is 0. The molecule has 2 spiro atoms. The van der Waals surface area contributed by atoms with Gasteiger partial charge in [-0.25, -0.2) is 0 Å². The van der Waals surface area contributed by atoms with Crippen molar-refractivity contribution in [2.45, 2.75) is 109 Å². The molecule has 3 aliphatic rings. The molecule has 0 aromatic heterocycles. The molecule has 24 heavy (non-hydrogen) atoms. The van der Waals surface area contributed by atoms with Gasteiger partial charge < -0.3 is 0 Å². The molecule has 6 nitrogen and oxygen atoms in total. The topological polar surface area (TPSA) is 55.4 Å². The van der Waals surface area contributed by atoms with E-state index in [9.17, 15) is 0 Å². The van der Waals surface area contributed by atoms with Crippen LogP contribution >= 0.6 is 0 Å². The smallest absolute Gasteiger partial charge is 0.195 e. The lowest BCUT2D eigenvalue weighted by molar-refractivity contribution is -0.555. The third-order valence-electron chi connectivity index (χ3n) is 5.09. The Hall–Kier alpha value is -0.240. The Kier molecular flexibility index (Phi) is 5.84. The van der Waals surface area contributed by atoms with Gasteiger partial charge in [0.15, 0.2) is 0 Å². The van der Waals surface area contributed by atoms with Crippen molar-refractivity contribution >= 4 is 0 Å². The molecule has 0 N–H and O–H groups in total. The van der Waals surface area contributed by atoms with Gasteiger partial charge in [0, 0.05) is 32.1 Å². The fraction of sp³-hybridized carbons (Fsp3) is 1.00. The van der Waals surface area contributed by atoms with Gasteiger partial charge in [-0.3, -0.25) is 0 Å². The molecular weight excluding hydrogens is 312 g/mol. The van der Waals surface area contributed by atoms with Gasteiger partial charge in [-0.05, 0) is 38.5 Å². The van der Waals surface area contributed by atoms with E-state index in [4.69, 9.17) is 29.3 Å². The first-order valence-corrected chi connectivity index (χ1v) is 9.56. The van der Waals surface area contributed by atoms with E-state index in [2.05, 4.69) is 13.8 Å². The predicted octanol–water partition coefficient (Wildman–Crippen LogP) is 4.93. The van der Waals surface area contributed by atoms with Crippen molar-refractivity contribution < 1.29 is 29.3 Å². The largest absolute Gasteiger partial charge is 0.234 e. The quantitative estimate of drug-likeness (QED) is 0.662. The lowest BCUT2D eigenvalue weighted by Crippen LogP contribution is -2.44. The molecule has 0 unspecified atom stereocenters. The van der Waals surface area contributed by atoms with Crippen LogP contribution < -0.4 is 0 Å². The minimum absolute atomic E-state index is 0.370. The Morgan fingerprint density at radius 3 is 1.38 bits per heavy atom. The lowest BCUT2D eigenvalue weighted by Gasteiger charge is -2.37. The molecule has 2 saturated carbocycles. The Bertz CT molecular complexity index is 368. The average molecular weight is 344 g/mol. The van der Waals surface area contributed by atoms with Gasteiger partial charge in [0.05, 0.1) is 0 Å². The monoisotopic (exact) mass is 344 g/mol. The molecule has 6 heteroatoms. The zero-order valence-electron chi connectivity index (χ0n) is 15.3. The number of rotatable bonds is 2. The normalized spacial score (nSPS) is 34.0. The zero-order valence-corrected chi connectivity index (χ0v) is 15.3. The minimum atomic E-state index is -0.986. The van der Waals surface area contributed by atoms with E-state index in [1.54, 1.807) is 0 Å². The van der Waals surface area contributed by atoms with Crippen LogP contribution in [0.2, 0.25) is 0 Å². The molecule has 0 amide bonds. The summed E-state index contributed by atoms with van der Waals surface area (Å²) < 4.78 is 0. The molecule has 1 aliphatic heterocycles. The molecule has 140 valence electrons. The summed E-state index contributed by atoms with van der Waals surface area (Å²) >= 11 is 0. The van der Waals surface area contributed by atoms with Gasteiger partial charge in [-0.1, -0.05) is 26.7 Å². The van der Waals surface area contributed by atoms with E-state index >= 15 is 0 Å². The van der Waals surface area contributed by atoms with E-state index < -0.39 is 17.4 Å². The second-order valence-electron chi connectivity index (χ2n) is 8.17. The predicted molar refractivity (Wildman–Crippen MR) is 86.0 cm³/mol. The van der Waals surface area contributed by atoms with Crippen molar-refractivity contribution in [2.75, 3.05) is 0 Å². The fourth-order valence-electron chi connectivity index (χ4n) is 3.85. The molecule has 0 atom stereocenters. The average Bonchev–Trinajstić information content (AvgIpc) is 2.62. The molecule has 0 aromatic carbocycles. The van der Waals surface area contributed by atoms with E-state index in [0.717, 1.165) is 51.4 Å². The third-order valence-corrected chi connectivity index (χ3v) is 5.09. The van der Waals surface area contributed by atoms with E-state index in [1.165, 1.54) is 12.8 Å². The molecule has 0 bridgehead atoms. The van der Waals surface area contributed by atoms with Gasteiger partial charge in [0.1, 0.15) is 0 Å². The maximum absolute atomic E-state index is 5.83. The summed E-state index contributed by atoms with van der Waals surface area (Å²) in [7, 11) is 0. The van der Waals surface area contributed by atoms with Crippen LogP contribution in [0.25, 0.3) is 0 Å². The highest BCUT2D eigenvalue weighted by Gasteiger charge is 2.48. The van der Waals surface area contributed by atoms with Crippen molar-refractivity contribution in [3.05, 3.63) is 0 Å². The Labute approximate surface area is 144 Å². The van der Waals surface area contributed by atoms with Crippen molar-refractivity contribution in [1.29, 1.82) is 0 Å². The zero-order chi connectivity index (χ0) is 17.1. The molecule has 3 rings (SSSR count). The summed E-state index contributed by atoms with van der Waals surface area (Å²) in [5.74, 6) is -2.34. The summed E-state index contributed by atoms with van der Waals surface area (Å²) in [6.45, 7) is 6.08. The van der Waals surface area contributed by atoms with Crippen molar-refractivity contribution in [1.82, 2.24) is 0 Å². The van der Waals surface area contributed by atoms with Gasteiger partial charge in [0.25, 0.3) is 0 Å². The standard InChI is InChI=1S/C18H32O6/c1-15(2)14-16(3)19-21-17(10-6-4-7-11-17)23-24-18(22-20-16)12-8-5-9-13-18/h15H,4-14H2,1-3H3. The highest BCUT2D eigenvalue weighted by Crippen LogP contribution is 2.42. The van der Waals surface area contributed by atoms with Crippen LogP contribution in [0.5, 0.6) is 0 Å². The minimum Gasteiger partial charge on any atom is -0.195 e. The highest BCUT2D eigenvalue weighted by molar-refractivity contribution is 4.77. The summed E-state index contributed by atoms with van der Waals surface area (Å²) in [5.41, 5.74) is 0. The fourth-order valence-corrected chi connectivity index (χ4v) is 3.85. The number of hydrogen-bond donors (Lipinski definition) is 0. The first-order valence-electron chi connectivity index (χ1n) is 9.56. The van der Waals surface area contributed by atoms with E-state index in [-0.39, 0.29) is 0 Å². The molecule has 0 aromatic rings. The van der Waals surface area contributed by atoms with E-state index in [0.29, 0.717) is 12.3 Å². The van der Waals surface area contributed by atoms with Gasteiger partial charge in [-0.2, -0.15) is 29.3 Å². The maximum atomic E-state index is 5.83. The maximum Gasteiger partial charge on any atom is 0.234 e. The second kappa shape index (κ2) is 7.56. The summed E-state index contributed by atoms with van der Waals surface area (Å²) in [4.78, 5) is 34.7. The third kappa shape index (κ3) is 4.48. The van der Waals surface area contributed by atoms with Crippen molar-refractivity contribution in [3.8, 4) is 0 Å². The van der Waals surface area contributed by atoms with Crippen LogP contribution in [0.3, 0.4) is 0 Å². The van der Waals surface area contributed by atoms with Crippen LogP contribution in [0.15, 0.2) is 0 Å². The molecule has 3 fully saturated rings. The van der Waals surface area contributed by atoms with Crippen molar-refractivity contribution in [3.63, 3.8) is 0 Å². The van der Waals surface area contributed by atoms with Crippen LogP contribution in [0.4, 0.5) is 0 Å². The Morgan fingerprint density at radius 2 is 1.00 bits per heavy atom. The van der Waals surface area contributed by atoms with E-state index in [1.807, 2.05) is 6.92 Å². The molecule has 0 radical (unpaired) electrons. The van der Waals surface area contributed by atoms with Crippen LogP contribution in [-0.4, -0.2) is 17.4 Å². The van der Waals surface area contributed by atoms with Crippen molar-refractivity contribution in [2.24, 2.45) is 5.92 Å². The SMILES string of the molecule is CC(C)CC1(C)OOC2(CCCCC2)OOC2(CCCCC2)OO1. The highest BCUT2D eigenvalue weighted by atomic mass is 17.4.